The van der Waals surface area contributed by atoms with E-state index >= 15 is 0 Å². The predicted octanol–water partition coefficient (Wildman–Crippen LogP) is 1.86. The van der Waals surface area contributed by atoms with E-state index in [4.69, 9.17) is 4.74 Å². The molecule has 1 fully saturated rings. The van der Waals surface area contributed by atoms with Crippen LogP contribution in [0.15, 0.2) is 37.2 Å². The summed E-state index contributed by atoms with van der Waals surface area (Å²) in [6.45, 7) is 6.27. The van der Waals surface area contributed by atoms with Gasteiger partial charge in [0.2, 0.25) is 0 Å². The van der Waals surface area contributed by atoms with Crippen LogP contribution in [0.25, 0.3) is 0 Å². The second kappa shape index (κ2) is 7.26. The maximum absolute atomic E-state index is 9.88. The summed E-state index contributed by atoms with van der Waals surface area (Å²) in [5.41, 5.74) is 0. The molecule has 0 amide bonds. The van der Waals surface area contributed by atoms with Crippen LogP contribution in [0.4, 0.5) is 0 Å². The zero-order valence-corrected chi connectivity index (χ0v) is 11.2. The van der Waals surface area contributed by atoms with E-state index in [9.17, 15) is 5.11 Å². The van der Waals surface area contributed by atoms with E-state index in [0.29, 0.717) is 0 Å². The zero-order valence-electron chi connectivity index (χ0n) is 11.2. The number of aromatic nitrogens is 1. The lowest BCUT2D eigenvalue weighted by Gasteiger charge is -2.20. The Morgan fingerprint density at radius 3 is 3.05 bits per heavy atom. The molecule has 0 bridgehead atoms. The van der Waals surface area contributed by atoms with Gasteiger partial charge >= 0.3 is 0 Å². The molecule has 104 valence electrons. The highest BCUT2D eigenvalue weighted by Gasteiger charge is 2.25. The number of aliphatic hydroxyl groups is 1. The summed E-state index contributed by atoms with van der Waals surface area (Å²) in [6.07, 6.45) is 7.94. The SMILES string of the molecule is C=CCCC(O)CN1CCC(Oc2ccncc2)C1. The maximum atomic E-state index is 9.88. The summed E-state index contributed by atoms with van der Waals surface area (Å²) in [4.78, 5) is 6.23. The molecule has 0 spiro atoms. The van der Waals surface area contributed by atoms with Crippen molar-refractivity contribution >= 4 is 0 Å². The molecule has 2 heterocycles. The van der Waals surface area contributed by atoms with Crippen LogP contribution in [0.1, 0.15) is 19.3 Å². The summed E-state index contributed by atoms with van der Waals surface area (Å²) in [5.74, 6) is 0.869. The summed E-state index contributed by atoms with van der Waals surface area (Å²) in [6, 6.07) is 3.75. The van der Waals surface area contributed by atoms with Crippen LogP contribution in [0, 0.1) is 0 Å². The Bertz CT molecular complexity index is 383. The van der Waals surface area contributed by atoms with E-state index < -0.39 is 0 Å². The molecule has 1 aromatic rings. The molecule has 19 heavy (non-hydrogen) atoms. The van der Waals surface area contributed by atoms with E-state index in [2.05, 4.69) is 16.5 Å². The normalized spacial score (nSPS) is 21.2. The molecule has 2 rings (SSSR count). The second-order valence-electron chi connectivity index (χ2n) is 4.99. The van der Waals surface area contributed by atoms with Gasteiger partial charge in [-0.3, -0.25) is 9.88 Å². The first-order valence-corrected chi connectivity index (χ1v) is 6.86. The van der Waals surface area contributed by atoms with Crippen LogP contribution in [0.5, 0.6) is 5.75 Å². The van der Waals surface area contributed by atoms with Gasteiger partial charge in [-0.2, -0.15) is 0 Å². The molecule has 0 aliphatic carbocycles. The van der Waals surface area contributed by atoms with Gasteiger partial charge in [-0.15, -0.1) is 6.58 Å². The van der Waals surface area contributed by atoms with Gasteiger partial charge in [-0.1, -0.05) is 6.08 Å². The zero-order chi connectivity index (χ0) is 13.5. The monoisotopic (exact) mass is 262 g/mol. The summed E-state index contributed by atoms with van der Waals surface area (Å²) in [5, 5.41) is 9.88. The topological polar surface area (TPSA) is 45.6 Å². The molecular formula is C15H22N2O2. The van der Waals surface area contributed by atoms with Crippen molar-refractivity contribution < 1.29 is 9.84 Å². The van der Waals surface area contributed by atoms with Crippen molar-refractivity contribution in [1.29, 1.82) is 0 Å². The molecule has 1 aliphatic rings. The lowest BCUT2D eigenvalue weighted by Crippen LogP contribution is -2.32. The fourth-order valence-corrected chi connectivity index (χ4v) is 2.37. The Labute approximate surface area is 114 Å². The molecule has 1 aliphatic heterocycles. The Balaban J connectivity index is 1.72. The van der Waals surface area contributed by atoms with Crippen LogP contribution >= 0.6 is 0 Å². The van der Waals surface area contributed by atoms with Crippen molar-refractivity contribution in [3.63, 3.8) is 0 Å². The number of ether oxygens (including phenoxy) is 1. The molecule has 0 saturated carbocycles. The fraction of sp³-hybridized carbons (Fsp3) is 0.533. The Morgan fingerprint density at radius 1 is 1.53 bits per heavy atom. The molecule has 2 unspecified atom stereocenters. The quantitative estimate of drug-likeness (QED) is 0.762. The van der Waals surface area contributed by atoms with E-state index in [0.717, 1.165) is 44.6 Å². The molecule has 1 saturated heterocycles. The minimum absolute atomic E-state index is 0.217. The summed E-state index contributed by atoms with van der Waals surface area (Å²) >= 11 is 0. The minimum atomic E-state index is -0.266. The van der Waals surface area contributed by atoms with Crippen molar-refractivity contribution in [1.82, 2.24) is 9.88 Å². The van der Waals surface area contributed by atoms with Gasteiger partial charge in [0, 0.05) is 32.0 Å². The average Bonchev–Trinajstić information content (AvgIpc) is 2.85. The molecule has 1 N–H and O–H groups in total. The predicted molar refractivity (Wildman–Crippen MR) is 75.1 cm³/mol. The minimum Gasteiger partial charge on any atom is -0.489 e. The lowest BCUT2D eigenvalue weighted by atomic mass is 10.2. The maximum Gasteiger partial charge on any atom is 0.122 e. The van der Waals surface area contributed by atoms with E-state index in [1.165, 1.54) is 0 Å². The number of hydrogen-bond acceptors (Lipinski definition) is 4. The third kappa shape index (κ3) is 4.65. The number of rotatable bonds is 7. The third-order valence-corrected chi connectivity index (χ3v) is 3.35. The van der Waals surface area contributed by atoms with E-state index in [1.807, 2.05) is 18.2 Å². The second-order valence-corrected chi connectivity index (χ2v) is 4.99. The summed E-state index contributed by atoms with van der Waals surface area (Å²) in [7, 11) is 0. The largest absolute Gasteiger partial charge is 0.489 e. The number of β-amino-alcohol motifs (C(OH)–C–C–N with tert-alkyl or cyclic N) is 1. The van der Waals surface area contributed by atoms with Crippen LogP contribution in [-0.4, -0.2) is 46.8 Å². The number of pyridine rings is 1. The first-order chi connectivity index (χ1) is 9.28. The van der Waals surface area contributed by atoms with Crippen LogP contribution in [0.2, 0.25) is 0 Å². The highest BCUT2D eigenvalue weighted by Crippen LogP contribution is 2.18. The molecule has 4 nitrogen and oxygen atoms in total. The average molecular weight is 262 g/mol. The highest BCUT2D eigenvalue weighted by molar-refractivity contribution is 5.17. The van der Waals surface area contributed by atoms with Crippen LogP contribution in [-0.2, 0) is 0 Å². The standard InChI is InChI=1S/C15H22N2O2/c1-2-3-4-13(18)11-17-10-7-15(12-17)19-14-5-8-16-9-6-14/h2,5-6,8-9,13,15,18H,1,3-4,7,10-12H2. The number of nitrogens with zero attached hydrogens (tertiary/aromatic N) is 2. The number of aliphatic hydroxyl groups excluding tert-OH is 1. The van der Waals surface area contributed by atoms with Crippen molar-refractivity contribution in [3.8, 4) is 5.75 Å². The molecule has 4 heteroatoms. The molecule has 2 atom stereocenters. The smallest absolute Gasteiger partial charge is 0.122 e. The lowest BCUT2D eigenvalue weighted by molar-refractivity contribution is 0.110. The van der Waals surface area contributed by atoms with Gasteiger partial charge in [-0.25, -0.2) is 0 Å². The van der Waals surface area contributed by atoms with Gasteiger partial charge in [0.25, 0.3) is 0 Å². The van der Waals surface area contributed by atoms with Gasteiger partial charge in [0.1, 0.15) is 11.9 Å². The van der Waals surface area contributed by atoms with Crippen molar-refractivity contribution in [2.24, 2.45) is 0 Å². The first kappa shape index (κ1) is 14.0. The van der Waals surface area contributed by atoms with E-state index in [1.54, 1.807) is 12.4 Å². The number of allylic oxidation sites excluding steroid dienone is 1. The van der Waals surface area contributed by atoms with Crippen molar-refractivity contribution in [2.45, 2.75) is 31.5 Å². The van der Waals surface area contributed by atoms with Crippen molar-refractivity contribution in [2.75, 3.05) is 19.6 Å². The van der Waals surface area contributed by atoms with Gasteiger partial charge in [-0.05, 0) is 31.4 Å². The Hall–Kier alpha value is -1.39. The first-order valence-electron chi connectivity index (χ1n) is 6.86. The number of hydrogen-bond donors (Lipinski definition) is 1. The third-order valence-electron chi connectivity index (χ3n) is 3.35. The Kier molecular flexibility index (Phi) is 5.36. The Morgan fingerprint density at radius 2 is 2.32 bits per heavy atom. The van der Waals surface area contributed by atoms with Crippen LogP contribution < -0.4 is 4.74 Å². The molecule has 1 aromatic heterocycles. The van der Waals surface area contributed by atoms with Gasteiger partial charge in [0.15, 0.2) is 0 Å². The number of likely N-dealkylation sites (tertiary alicyclic amines) is 1. The molecule has 0 aromatic carbocycles. The molecule has 0 radical (unpaired) electrons. The van der Waals surface area contributed by atoms with Crippen LogP contribution in [0.3, 0.4) is 0 Å². The van der Waals surface area contributed by atoms with Crippen molar-refractivity contribution in [3.05, 3.63) is 37.2 Å². The van der Waals surface area contributed by atoms with Gasteiger partial charge < -0.3 is 9.84 Å². The van der Waals surface area contributed by atoms with Gasteiger partial charge in [0.05, 0.1) is 6.10 Å². The summed E-state index contributed by atoms with van der Waals surface area (Å²) < 4.78 is 5.89. The van der Waals surface area contributed by atoms with E-state index in [-0.39, 0.29) is 12.2 Å². The fourth-order valence-electron chi connectivity index (χ4n) is 2.37. The molecular weight excluding hydrogens is 240 g/mol. The highest BCUT2D eigenvalue weighted by atomic mass is 16.5.